The van der Waals surface area contributed by atoms with Gasteiger partial charge in [-0.05, 0) is 159 Å². The SMILES string of the molecule is CC(C)c1c[n+]2n3c4c(cccc4c4cccnc4c13)C2.CC(C)c1ccc2c3c1-c1ncccc1C1=CN(C)C(C2)N13.CC(C)c1ccc2c3c1c1ncccc1c1c4ccccc4n([n+]31)C2.CC(C)c1cccc2c1c1c3ncccc3c3cccc4c3[n+]1n2C4.CC(C)c1cccc2c3ccc[c-]c3c3ncnn3c12.CC(C)c1cccc2c3cccc4c3[n+]3c(c5ncccc5n3C4)c12.[Ir]. The first-order valence-corrected chi connectivity index (χ1v) is 49.0. The molecule has 679 valence electrons. The first-order valence-electron chi connectivity index (χ1n) is 49.0. The zero-order valence-corrected chi connectivity index (χ0v) is 82.5. The van der Waals surface area contributed by atoms with Crippen LogP contribution in [0.3, 0.4) is 0 Å². The molecule has 0 saturated carbocycles. The van der Waals surface area contributed by atoms with Gasteiger partial charge in [0.1, 0.15) is 70.7 Å². The summed E-state index contributed by atoms with van der Waals surface area (Å²) in [4.78, 5) is 33.2. The molecule has 1 unspecified atom stereocenters. The average molecular weight is 1990 g/mol. The average Bonchev–Trinajstić information content (AvgIpc) is 1.56. The van der Waals surface area contributed by atoms with Gasteiger partial charge in [0.2, 0.25) is 17.2 Å². The second kappa shape index (κ2) is 31.6. The summed E-state index contributed by atoms with van der Waals surface area (Å²) in [6, 6.07) is 88.5. The van der Waals surface area contributed by atoms with Gasteiger partial charge in [0.05, 0.1) is 93.7 Å². The van der Waals surface area contributed by atoms with E-state index < -0.39 is 0 Å². The van der Waals surface area contributed by atoms with E-state index in [9.17, 15) is 0 Å². The van der Waals surface area contributed by atoms with E-state index in [-0.39, 0.29) is 20.1 Å². The molecular weight excluding hydrogens is 1890 g/mol. The third kappa shape index (κ3) is 12.0. The molecule has 139 heavy (non-hydrogen) atoms. The Morgan fingerprint density at radius 3 is 1.60 bits per heavy atom. The van der Waals surface area contributed by atoms with Gasteiger partial charge in [-0.3, -0.25) is 24.5 Å². The number of benzene rings is 10. The van der Waals surface area contributed by atoms with Crippen molar-refractivity contribution in [3.63, 3.8) is 0 Å². The molecule has 18 nitrogen and oxygen atoms in total. The van der Waals surface area contributed by atoms with Crippen molar-refractivity contribution in [2.45, 2.75) is 157 Å². The van der Waals surface area contributed by atoms with Crippen molar-refractivity contribution >= 4 is 181 Å². The molecular formula is C120H103IrN18+3. The zero-order valence-electron chi connectivity index (χ0n) is 80.1. The number of rotatable bonds is 6. The first-order chi connectivity index (χ1) is 67.5. The van der Waals surface area contributed by atoms with Gasteiger partial charge in [-0.25, -0.2) is 9.97 Å². The van der Waals surface area contributed by atoms with Gasteiger partial charge in [-0.1, -0.05) is 241 Å². The van der Waals surface area contributed by atoms with Crippen LogP contribution in [0.4, 0.5) is 5.69 Å². The van der Waals surface area contributed by atoms with Crippen LogP contribution in [0, 0.1) is 6.07 Å². The molecule has 1 atom stereocenters. The summed E-state index contributed by atoms with van der Waals surface area (Å²) < 4.78 is 21.1. The maximum atomic E-state index is 4.83. The van der Waals surface area contributed by atoms with Crippen molar-refractivity contribution in [3.05, 3.63) is 359 Å². The monoisotopic (exact) mass is 1990 g/mol. The summed E-state index contributed by atoms with van der Waals surface area (Å²) in [5.74, 6) is 2.85. The Morgan fingerprint density at radius 1 is 0.360 bits per heavy atom. The summed E-state index contributed by atoms with van der Waals surface area (Å²) in [5.41, 5.74) is 42.5. The number of likely N-dealkylation sites (N-methyl/N-ethyl adjacent to an activating group) is 1. The van der Waals surface area contributed by atoms with Crippen LogP contribution >= 0.6 is 0 Å². The third-order valence-electron chi connectivity index (χ3n) is 30.6. The molecule has 0 fully saturated rings. The maximum absolute atomic E-state index is 4.83. The minimum atomic E-state index is 0. The number of hydrogen-bond donors (Lipinski definition) is 0. The Bertz CT molecular complexity index is 9650. The molecule has 0 spiro atoms. The molecule has 22 heterocycles. The van der Waals surface area contributed by atoms with Crippen LogP contribution in [-0.2, 0) is 52.7 Å². The number of hydrogen-bond acceptors (Lipinski definition) is 9. The van der Waals surface area contributed by atoms with E-state index in [0.717, 1.165) is 76.9 Å². The Kier molecular flexibility index (Phi) is 19.2. The van der Waals surface area contributed by atoms with Crippen LogP contribution in [0.25, 0.3) is 186 Å². The molecule has 7 aliphatic rings. The van der Waals surface area contributed by atoms with E-state index in [2.05, 4.69) is 365 Å². The van der Waals surface area contributed by atoms with E-state index in [1.165, 1.54) is 214 Å². The predicted octanol–water partition coefficient (Wildman–Crippen LogP) is 24.9. The molecule has 0 amide bonds. The fourth-order valence-corrected chi connectivity index (χ4v) is 24.7. The van der Waals surface area contributed by atoms with Gasteiger partial charge in [-0.2, -0.15) is 5.10 Å². The fourth-order valence-electron chi connectivity index (χ4n) is 24.7. The van der Waals surface area contributed by atoms with Gasteiger partial charge < -0.3 is 9.80 Å². The minimum Gasteiger partial charge on any atom is -0.358 e. The molecule has 1 radical (unpaired) electrons. The van der Waals surface area contributed by atoms with Gasteiger partial charge in [-0.15, -0.1) is 47.5 Å². The Morgan fingerprint density at radius 2 is 0.871 bits per heavy atom. The summed E-state index contributed by atoms with van der Waals surface area (Å²) >= 11 is 0. The molecule has 32 rings (SSSR count). The van der Waals surface area contributed by atoms with E-state index in [4.69, 9.17) is 24.9 Å². The third-order valence-corrected chi connectivity index (χ3v) is 30.6. The first kappa shape index (κ1) is 84.2. The Labute approximate surface area is 815 Å². The van der Waals surface area contributed by atoms with Gasteiger partial charge in [0.25, 0.3) is 22.1 Å². The van der Waals surface area contributed by atoms with Crippen molar-refractivity contribution in [2.75, 3.05) is 11.9 Å². The van der Waals surface area contributed by atoms with Gasteiger partial charge in [0, 0.05) is 109 Å². The van der Waals surface area contributed by atoms with Gasteiger partial charge in [0.15, 0.2) is 12.1 Å². The summed E-state index contributed by atoms with van der Waals surface area (Å²) in [7, 11) is 2.18. The Hall–Kier alpha value is -15.3. The summed E-state index contributed by atoms with van der Waals surface area (Å²) in [6.45, 7) is 30.8. The van der Waals surface area contributed by atoms with Crippen LogP contribution < -0.4 is 23.1 Å². The second-order valence-electron chi connectivity index (χ2n) is 40.4. The van der Waals surface area contributed by atoms with E-state index >= 15 is 0 Å². The van der Waals surface area contributed by atoms with Crippen molar-refractivity contribution in [1.82, 2.24) is 63.0 Å². The van der Waals surface area contributed by atoms with Crippen molar-refractivity contribution < 1.29 is 38.3 Å². The molecule has 0 N–H and O–H groups in total. The number of pyridine rings is 10. The molecule has 0 saturated heterocycles. The smallest absolute Gasteiger partial charge is 0.272 e. The molecule has 19 heteroatoms. The molecule has 0 aliphatic carbocycles. The number of fused-ring (bicyclic) bond motifs is 30. The van der Waals surface area contributed by atoms with Crippen LogP contribution in [0.1, 0.15) is 185 Å². The standard InChI is InChI=1S/3C22H18N3.C19H19N3.C18H16N3.C17H14N3.Ir/c1-13(2)15-7-4-8-16-17-9-3-6-14-12-24-18-10-5-11-23-20(18)22(19(15)16)25(24)21(14)17;1-13(2)15-7-4-10-18-19(15)22-20-16(9-5-11-23-20)17-8-3-6-14-12-24(18)25(22)21(14)17;1-13(2)15-10-9-14-12-24-18-8-4-3-6-16(18)22-17-7-5-11-23-20(17)19(15)21(14)25(22)24;1-11(2)13-7-6-12-9-16-21(3)10-15-14-5-4-8-20-18(14)17(13)19(12)22(15)16;1-11(2)15-10-20-9-12-5-3-6-14-13-7-4-8-19-16(13)18(15)21(20)17(12)14;1-11(2)12-8-5-9-14-13-6-3-4-7-15(13)17-18-10-19-20(17)16(12)14;/h3*3-11,13H,12H2,1-2H3;4-8,10-11,16H,9H2,1-3H3;3-8,10-11H,9H2,1-2H3;3-6,8-11H,1-2H3;/q3*+1;;+1;-1;. The predicted molar refractivity (Wildman–Crippen MR) is 557 cm³/mol. The summed E-state index contributed by atoms with van der Waals surface area (Å²) in [6.07, 6.45) is 17.3. The Balaban J connectivity index is 0.0000000861. The van der Waals surface area contributed by atoms with E-state index in [0.29, 0.717) is 41.7 Å². The number of nitrogens with zero attached hydrogens (tertiary/aromatic N) is 18. The van der Waals surface area contributed by atoms with E-state index in [1.807, 2.05) is 71.9 Å². The van der Waals surface area contributed by atoms with Gasteiger partial charge >= 0.3 is 0 Å². The summed E-state index contributed by atoms with van der Waals surface area (Å²) in [5, 5.41) is 22.2. The molecule has 10 aromatic carbocycles. The largest absolute Gasteiger partial charge is 0.358 e. The topological polar surface area (TPSA) is 136 Å². The second-order valence-corrected chi connectivity index (χ2v) is 40.4. The minimum absolute atomic E-state index is 0. The zero-order chi connectivity index (χ0) is 93.0. The van der Waals surface area contributed by atoms with E-state index in [1.54, 1.807) is 6.33 Å². The van der Waals surface area contributed by atoms with Crippen molar-refractivity contribution in [2.24, 2.45) is 0 Å². The number of aromatic nitrogens is 16. The number of anilines is 1. The van der Waals surface area contributed by atoms with Crippen LogP contribution in [0.5, 0.6) is 0 Å². The van der Waals surface area contributed by atoms with Crippen molar-refractivity contribution in [3.8, 4) is 11.3 Å². The number of para-hydroxylation sites is 5. The quantitative estimate of drug-likeness (QED) is 0.0905. The molecule has 15 aromatic heterocycles. The van der Waals surface area contributed by atoms with Crippen LogP contribution in [0.15, 0.2) is 286 Å². The van der Waals surface area contributed by atoms with Crippen molar-refractivity contribution in [1.29, 1.82) is 0 Å². The maximum Gasteiger partial charge on any atom is 0.272 e. The molecule has 7 aliphatic heterocycles. The normalized spacial score (nSPS) is 14.2. The van der Waals surface area contributed by atoms with Crippen LogP contribution in [-0.4, -0.2) is 76.2 Å². The molecule has 25 aromatic rings. The fraction of sp³-hybridized carbons (Fsp3) is 0.208. The molecule has 0 bridgehead atoms. The van der Waals surface area contributed by atoms with Crippen LogP contribution in [0.2, 0.25) is 0 Å².